The molecule has 1 aromatic heterocycles. The van der Waals surface area contributed by atoms with Crippen molar-refractivity contribution in [2.24, 2.45) is 0 Å². The van der Waals surface area contributed by atoms with Crippen molar-refractivity contribution in [1.82, 2.24) is 10.2 Å². The average Bonchev–Trinajstić information content (AvgIpc) is 2.53. The summed E-state index contributed by atoms with van der Waals surface area (Å²) < 4.78 is 0. The highest BCUT2D eigenvalue weighted by molar-refractivity contribution is 7.18. The lowest BCUT2D eigenvalue weighted by molar-refractivity contribution is 0.483. The molecule has 0 aliphatic carbocycles. The van der Waals surface area contributed by atoms with Crippen LogP contribution in [0.15, 0.2) is 0 Å². The first-order valence-corrected chi connectivity index (χ1v) is 5.44. The normalized spacial score (nSPS) is 23.5. The molecule has 1 aromatic rings. The van der Waals surface area contributed by atoms with Gasteiger partial charge in [-0.1, -0.05) is 11.3 Å². The molecule has 0 radical (unpaired) electrons. The second kappa shape index (κ2) is 3.49. The molecule has 1 saturated heterocycles. The number of rotatable bonds is 1. The van der Waals surface area contributed by atoms with Gasteiger partial charge in [-0.3, -0.25) is 0 Å². The summed E-state index contributed by atoms with van der Waals surface area (Å²) in [5, 5.41) is 9.43. The van der Waals surface area contributed by atoms with Gasteiger partial charge in [0.15, 0.2) is 0 Å². The van der Waals surface area contributed by atoms with Crippen molar-refractivity contribution in [2.45, 2.75) is 32.2 Å². The zero-order chi connectivity index (χ0) is 9.26. The lowest BCUT2D eigenvalue weighted by Gasteiger charge is -2.32. The van der Waals surface area contributed by atoms with Crippen molar-refractivity contribution >= 4 is 21.6 Å². The van der Waals surface area contributed by atoms with Gasteiger partial charge in [0.1, 0.15) is 0 Å². The second-order valence-electron chi connectivity index (χ2n) is 3.46. The fraction of sp³-hybridized carbons (Fsp3) is 0.750. The molecule has 0 spiro atoms. The Morgan fingerprint density at radius 3 is 2.92 bits per heavy atom. The molecular weight excluding hydrogens is 184 g/mol. The van der Waals surface area contributed by atoms with Crippen LogP contribution in [0.5, 0.6) is 0 Å². The predicted octanol–water partition coefficient (Wildman–Crippen LogP) is 1.50. The van der Waals surface area contributed by atoms with Crippen molar-refractivity contribution in [3.63, 3.8) is 0 Å². The summed E-state index contributed by atoms with van der Waals surface area (Å²) in [6, 6.07) is 0.584. The summed E-state index contributed by atoms with van der Waals surface area (Å²) in [5.74, 6) is 0. The SMILES string of the molecule is C[C@H]1CCCCN1c1nnc(N)s1. The van der Waals surface area contributed by atoms with Crippen LogP contribution >= 0.6 is 11.3 Å². The highest BCUT2D eigenvalue weighted by Gasteiger charge is 2.21. The molecule has 1 atom stereocenters. The number of nitrogens with zero attached hydrogens (tertiary/aromatic N) is 3. The number of aromatic nitrogens is 2. The van der Waals surface area contributed by atoms with Crippen molar-refractivity contribution in [3.05, 3.63) is 0 Å². The highest BCUT2D eigenvalue weighted by Crippen LogP contribution is 2.27. The van der Waals surface area contributed by atoms with Crippen LogP contribution in [0.2, 0.25) is 0 Å². The molecular formula is C8H14N4S. The van der Waals surface area contributed by atoms with Gasteiger partial charge < -0.3 is 10.6 Å². The lowest BCUT2D eigenvalue weighted by Crippen LogP contribution is -2.37. The summed E-state index contributed by atoms with van der Waals surface area (Å²) in [6.45, 7) is 3.33. The van der Waals surface area contributed by atoms with E-state index < -0.39 is 0 Å². The van der Waals surface area contributed by atoms with E-state index in [1.54, 1.807) is 0 Å². The largest absolute Gasteiger partial charge is 0.374 e. The molecule has 0 bridgehead atoms. The van der Waals surface area contributed by atoms with Crippen LogP contribution in [0.1, 0.15) is 26.2 Å². The van der Waals surface area contributed by atoms with Gasteiger partial charge in [-0.2, -0.15) is 0 Å². The molecule has 0 aromatic carbocycles. The van der Waals surface area contributed by atoms with Crippen LogP contribution in [0, 0.1) is 0 Å². The summed E-state index contributed by atoms with van der Waals surface area (Å²) in [7, 11) is 0. The molecule has 4 nitrogen and oxygen atoms in total. The number of anilines is 2. The number of hydrogen-bond donors (Lipinski definition) is 1. The zero-order valence-electron chi connectivity index (χ0n) is 7.73. The molecule has 2 N–H and O–H groups in total. The smallest absolute Gasteiger partial charge is 0.210 e. The van der Waals surface area contributed by atoms with E-state index in [0.717, 1.165) is 11.7 Å². The topological polar surface area (TPSA) is 55.0 Å². The minimum Gasteiger partial charge on any atom is -0.374 e. The molecule has 1 fully saturated rings. The van der Waals surface area contributed by atoms with E-state index >= 15 is 0 Å². The second-order valence-corrected chi connectivity index (χ2v) is 4.45. The van der Waals surface area contributed by atoms with Crippen LogP contribution in [0.25, 0.3) is 0 Å². The molecule has 5 heteroatoms. The molecule has 72 valence electrons. The fourth-order valence-electron chi connectivity index (χ4n) is 1.72. The van der Waals surface area contributed by atoms with Crippen LogP contribution in [-0.2, 0) is 0 Å². The third kappa shape index (κ3) is 1.75. The van der Waals surface area contributed by atoms with Crippen LogP contribution in [0.4, 0.5) is 10.3 Å². The lowest BCUT2D eigenvalue weighted by atomic mass is 10.1. The Morgan fingerprint density at radius 2 is 2.31 bits per heavy atom. The summed E-state index contributed by atoms with van der Waals surface area (Å²) >= 11 is 1.48. The van der Waals surface area contributed by atoms with E-state index in [-0.39, 0.29) is 0 Å². The van der Waals surface area contributed by atoms with E-state index in [9.17, 15) is 0 Å². The Balaban J connectivity index is 2.14. The van der Waals surface area contributed by atoms with Crippen LogP contribution in [0.3, 0.4) is 0 Å². The third-order valence-electron chi connectivity index (χ3n) is 2.48. The third-order valence-corrected chi connectivity index (χ3v) is 3.27. The van der Waals surface area contributed by atoms with Gasteiger partial charge in [-0.15, -0.1) is 10.2 Å². The number of piperidine rings is 1. The number of nitrogens with two attached hydrogens (primary N) is 1. The van der Waals surface area contributed by atoms with E-state index in [1.165, 1.54) is 30.6 Å². The molecule has 13 heavy (non-hydrogen) atoms. The maximum absolute atomic E-state index is 5.55. The Hall–Kier alpha value is -0.840. The van der Waals surface area contributed by atoms with Crippen molar-refractivity contribution in [2.75, 3.05) is 17.2 Å². The highest BCUT2D eigenvalue weighted by atomic mass is 32.1. The maximum Gasteiger partial charge on any atom is 0.210 e. The van der Waals surface area contributed by atoms with E-state index in [0.29, 0.717) is 11.2 Å². The molecule has 0 saturated carbocycles. The minimum atomic E-state index is 0.563. The average molecular weight is 198 g/mol. The van der Waals surface area contributed by atoms with E-state index in [1.807, 2.05) is 0 Å². The van der Waals surface area contributed by atoms with Crippen molar-refractivity contribution in [1.29, 1.82) is 0 Å². The minimum absolute atomic E-state index is 0.563. The van der Waals surface area contributed by atoms with E-state index in [4.69, 9.17) is 5.73 Å². The van der Waals surface area contributed by atoms with E-state index in [2.05, 4.69) is 22.0 Å². The molecule has 0 amide bonds. The van der Waals surface area contributed by atoms with Crippen molar-refractivity contribution in [3.8, 4) is 0 Å². The van der Waals surface area contributed by atoms with Gasteiger partial charge >= 0.3 is 0 Å². The fourth-order valence-corrected chi connectivity index (χ4v) is 2.46. The Kier molecular flexibility index (Phi) is 2.35. The number of hydrogen-bond acceptors (Lipinski definition) is 5. The van der Waals surface area contributed by atoms with Gasteiger partial charge in [-0.05, 0) is 26.2 Å². The molecule has 1 aliphatic heterocycles. The first-order chi connectivity index (χ1) is 6.27. The van der Waals surface area contributed by atoms with Crippen LogP contribution in [-0.4, -0.2) is 22.8 Å². The van der Waals surface area contributed by atoms with Gasteiger partial charge in [-0.25, -0.2) is 0 Å². The number of nitrogen functional groups attached to an aromatic ring is 1. The maximum atomic E-state index is 5.55. The Morgan fingerprint density at radius 1 is 1.46 bits per heavy atom. The van der Waals surface area contributed by atoms with Gasteiger partial charge in [0.2, 0.25) is 10.3 Å². The van der Waals surface area contributed by atoms with Gasteiger partial charge in [0, 0.05) is 12.6 Å². The Labute approximate surface area is 81.8 Å². The quantitative estimate of drug-likeness (QED) is 0.743. The molecule has 2 rings (SSSR count). The van der Waals surface area contributed by atoms with Crippen LogP contribution < -0.4 is 10.6 Å². The summed E-state index contributed by atoms with van der Waals surface area (Å²) in [5.41, 5.74) is 5.55. The summed E-state index contributed by atoms with van der Waals surface area (Å²) in [6.07, 6.45) is 3.83. The monoisotopic (exact) mass is 198 g/mol. The van der Waals surface area contributed by atoms with Gasteiger partial charge in [0.05, 0.1) is 0 Å². The predicted molar refractivity (Wildman–Crippen MR) is 55.0 cm³/mol. The van der Waals surface area contributed by atoms with Crippen molar-refractivity contribution < 1.29 is 0 Å². The zero-order valence-corrected chi connectivity index (χ0v) is 8.55. The van der Waals surface area contributed by atoms with Gasteiger partial charge in [0.25, 0.3) is 0 Å². The Bertz CT molecular complexity index is 285. The molecule has 1 aliphatic rings. The molecule has 0 unspecified atom stereocenters. The first kappa shape index (κ1) is 8.74. The standard InChI is InChI=1S/C8H14N4S/c1-6-4-2-3-5-12(6)8-11-10-7(9)13-8/h6H,2-5H2,1H3,(H2,9,10)/t6-/m0/s1. The summed E-state index contributed by atoms with van der Waals surface area (Å²) in [4.78, 5) is 2.30. The first-order valence-electron chi connectivity index (χ1n) is 4.63. The molecule has 2 heterocycles.